The monoisotopic (exact) mass is 254 g/mol. The van der Waals surface area contributed by atoms with E-state index in [9.17, 15) is 4.79 Å². The van der Waals surface area contributed by atoms with Gasteiger partial charge in [0, 0.05) is 11.8 Å². The number of rotatable bonds is 2. The van der Waals surface area contributed by atoms with Crippen LogP contribution in [-0.2, 0) is 0 Å². The van der Waals surface area contributed by atoms with Crippen molar-refractivity contribution in [3.05, 3.63) is 34.1 Å². The van der Waals surface area contributed by atoms with Crippen molar-refractivity contribution in [2.75, 3.05) is 5.32 Å². The molecule has 7 heteroatoms. The van der Waals surface area contributed by atoms with Gasteiger partial charge in [0.05, 0.1) is 0 Å². The van der Waals surface area contributed by atoms with E-state index < -0.39 is 0 Å². The van der Waals surface area contributed by atoms with Crippen molar-refractivity contribution in [3.8, 4) is 0 Å². The maximum Gasteiger partial charge on any atom is 0.257 e. The first-order chi connectivity index (χ1) is 7.65. The van der Waals surface area contributed by atoms with Crippen LogP contribution >= 0.6 is 22.9 Å². The summed E-state index contributed by atoms with van der Waals surface area (Å²) in [6.07, 6.45) is 1.47. The highest BCUT2D eigenvalue weighted by atomic mass is 35.5. The van der Waals surface area contributed by atoms with Gasteiger partial charge in [-0.3, -0.25) is 10.1 Å². The number of halogens is 1. The molecule has 16 heavy (non-hydrogen) atoms. The average Bonchev–Trinajstić information content (AvgIpc) is 2.64. The zero-order valence-electron chi connectivity index (χ0n) is 8.27. The smallest absolute Gasteiger partial charge is 0.257 e. The van der Waals surface area contributed by atoms with Gasteiger partial charge in [0.2, 0.25) is 5.13 Å². The lowest BCUT2D eigenvalue weighted by Crippen LogP contribution is -2.11. The fourth-order valence-corrected chi connectivity index (χ4v) is 1.82. The van der Waals surface area contributed by atoms with Crippen LogP contribution < -0.4 is 5.32 Å². The third-order valence-electron chi connectivity index (χ3n) is 1.74. The fourth-order valence-electron chi connectivity index (χ4n) is 1.06. The highest BCUT2D eigenvalue weighted by Gasteiger charge is 2.09. The van der Waals surface area contributed by atoms with E-state index in [0.29, 0.717) is 10.7 Å². The SMILES string of the molecule is Cc1nnc(NC(=O)c2ccnc(Cl)c2)s1. The Morgan fingerprint density at radius 1 is 1.50 bits per heavy atom. The molecular weight excluding hydrogens is 248 g/mol. The van der Waals surface area contributed by atoms with Crippen molar-refractivity contribution < 1.29 is 4.79 Å². The number of amides is 1. The van der Waals surface area contributed by atoms with E-state index >= 15 is 0 Å². The van der Waals surface area contributed by atoms with Crippen molar-refractivity contribution in [1.29, 1.82) is 0 Å². The van der Waals surface area contributed by atoms with Crippen LogP contribution in [0.1, 0.15) is 15.4 Å². The van der Waals surface area contributed by atoms with Gasteiger partial charge >= 0.3 is 0 Å². The van der Waals surface area contributed by atoms with Crippen molar-refractivity contribution in [2.24, 2.45) is 0 Å². The quantitative estimate of drug-likeness (QED) is 0.834. The number of aryl methyl sites for hydroxylation is 1. The zero-order chi connectivity index (χ0) is 11.5. The van der Waals surface area contributed by atoms with E-state index in [1.165, 1.54) is 23.6 Å². The Bertz CT molecular complexity index is 528. The van der Waals surface area contributed by atoms with E-state index in [1.807, 2.05) is 6.92 Å². The lowest BCUT2D eigenvalue weighted by molar-refractivity contribution is 0.102. The van der Waals surface area contributed by atoms with Crippen molar-refractivity contribution in [2.45, 2.75) is 6.92 Å². The van der Waals surface area contributed by atoms with E-state index in [2.05, 4.69) is 20.5 Å². The molecule has 0 unspecified atom stereocenters. The van der Waals surface area contributed by atoms with Crippen LogP contribution in [0.4, 0.5) is 5.13 Å². The molecule has 0 radical (unpaired) electrons. The van der Waals surface area contributed by atoms with E-state index in [4.69, 9.17) is 11.6 Å². The third-order valence-corrected chi connectivity index (χ3v) is 2.70. The van der Waals surface area contributed by atoms with Crippen molar-refractivity contribution in [3.63, 3.8) is 0 Å². The van der Waals surface area contributed by atoms with Crippen LogP contribution in [0.25, 0.3) is 0 Å². The summed E-state index contributed by atoms with van der Waals surface area (Å²) in [4.78, 5) is 15.5. The molecule has 2 heterocycles. The number of pyridine rings is 1. The summed E-state index contributed by atoms with van der Waals surface area (Å²) < 4.78 is 0. The predicted octanol–water partition coefficient (Wildman–Crippen LogP) is 2.15. The summed E-state index contributed by atoms with van der Waals surface area (Å²) in [5.74, 6) is -0.277. The normalized spacial score (nSPS) is 10.1. The number of hydrogen-bond acceptors (Lipinski definition) is 5. The second kappa shape index (κ2) is 4.54. The molecular formula is C9H7ClN4OS. The van der Waals surface area contributed by atoms with Gasteiger partial charge in [-0.25, -0.2) is 4.98 Å². The summed E-state index contributed by atoms with van der Waals surface area (Å²) in [7, 11) is 0. The molecule has 82 valence electrons. The molecule has 5 nitrogen and oxygen atoms in total. The van der Waals surface area contributed by atoms with Gasteiger partial charge in [-0.05, 0) is 19.1 Å². The first-order valence-electron chi connectivity index (χ1n) is 4.38. The zero-order valence-corrected chi connectivity index (χ0v) is 9.84. The summed E-state index contributed by atoms with van der Waals surface area (Å²) in [6.45, 7) is 1.82. The molecule has 2 aromatic heterocycles. The molecule has 1 amide bonds. The maximum atomic E-state index is 11.7. The lowest BCUT2D eigenvalue weighted by atomic mass is 10.2. The average molecular weight is 255 g/mol. The first-order valence-corrected chi connectivity index (χ1v) is 5.57. The van der Waals surface area contributed by atoms with Crippen LogP contribution in [0.2, 0.25) is 5.15 Å². The van der Waals surface area contributed by atoms with Gasteiger partial charge in [-0.15, -0.1) is 10.2 Å². The molecule has 1 N–H and O–H groups in total. The van der Waals surface area contributed by atoms with Gasteiger partial charge in [0.25, 0.3) is 5.91 Å². The van der Waals surface area contributed by atoms with Crippen LogP contribution in [0.3, 0.4) is 0 Å². The molecule has 0 atom stereocenters. The minimum atomic E-state index is -0.277. The van der Waals surface area contributed by atoms with Crippen molar-refractivity contribution in [1.82, 2.24) is 15.2 Å². The molecule has 0 fully saturated rings. The highest BCUT2D eigenvalue weighted by molar-refractivity contribution is 7.15. The minimum absolute atomic E-state index is 0.277. The van der Waals surface area contributed by atoms with Crippen LogP contribution in [-0.4, -0.2) is 21.1 Å². The Hall–Kier alpha value is -1.53. The second-order valence-corrected chi connectivity index (χ2v) is 4.52. The Morgan fingerprint density at radius 3 is 2.94 bits per heavy atom. The molecule has 2 rings (SSSR count). The Labute approximate surface area is 101 Å². The molecule has 0 aliphatic rings. The third kappa shape index (κ3) is 2.53. The Kier molecular flexibility index (Phi) is 3.12. The van der Waals surface area contributed by atoms with Crippen LogP contribution in [0.5, 0.6) is 0 Å². The molecule has 0 aromatic carbocycles. The molecule has 0 spiro atoms. The van der Waals surface area contributed by atoms with Gasteiger partial charge in [0.15, 0.2) is 0 Å². The van der Waals surface area contributed by atoms with Crippen molar-refractivity contribution >= 4 is 34.0 Å². The standard InChI is InChI=1S/C9H7ClN4OS/c1-5-13-14-9(16-5)12-8(15)6-2-3-11-7(10)4-6/h2-4H,1H3,(H,12,14,15). The summed E-state index contributed by atoms with van der Waals surface area (Å²) in [5, 5.41) is 11.8. The molecule has 0 aliphatic carbocycles. The molecule has 0 saturated carbocycles. The summed E-state index contributed by atoms with van der Waals surface area (Å²) in [5.41, 5.74) is 0.438. The van der Waals surface area contributed by atoms with Gasteiger partial charge in [-0.1, -0.05) is 22.9 Å². The molecule has 2 aromatic rings. The second-order valence-electron chi connectivity index (χ2n) is 2.95. The highest BCUT2D eigenvalue weighted by Crippen LogP contribution is 2.15. The Balaban J connectivity index is 2.14. The number of anilines is 1. The number of hydrogen-bond donors (Lipinski definition) is 1. The fraction of sp³-hybridized carbons (Fsp3) is 0.111. The van der Waals surface area contributed by atoms with E-state index in [0.717, 1.165) is 5.01 Å². The van der Waals surface area contributed by atoms with Crippen LogP contribution in [0, 0.1) is 6.92 Å². The lowest BCUT2D eigenvalue weighted by Gasteiger charge is -2.00. The topological polar surface area (TPSA) is 67.8 Å². The largest absolute Gasteiger partial charge is 0.296 e. The van der Waals surface area contributed by atoms with Gasteiger partial charge in [-0.2, -0.15) is 0 Å². The van der Waals surface area contributed by atoms with Gasteiger partial charge < -0.3 is 0 Å². The number of carbonyl (C=O) groups is 1. The van der Waals surface area contributed by atoms with Gasteiger partial charge in [0.1, 0.15) is 10.2 Å². The Morgan fingerprint density at radius 2 is 2.31 bits per heavy atom. The van der Waals surface area contributed by atoms with Crippen LogP contribution in [0.15, 0.2) is 18.3 Å². The minimum Gasteiger partial charge on any atom is -0.296 e. The van der Waals surface area contributed by atoms with E-state index in [1.54, 1.807) is 6.07 Å². The predicted molar refractivity (Wildman–Crippen MR) is 61.8 cm³/mol. The molecule has 0 aliphatic heterocycles. The number of nitrogens with one attached hydrogen (secondary N) is 1. The molecule has 0 saturated heterocycles. The summed E-state index contributed by atoms with van der Waals surface area (Å²) in [6, 6.07) is 3.07. The summed E-state index contributed by atoms with van der Waals surface area (Å²) >= 11 is 6.99. The number of nitrogens with zero attached hydrogens (tertiary/aromatic N) is 3. The molecule has 0 bridgehead atoms. The maximum absolute atomic E-state index is 11.7. The van der Waals surface area contributed by atoms with E-state index in [-0.39, 0.29) is 11.1 Å². The number of carbonyl (C=O) groups excluding carboxylic acids is 1. The first kappa shape index (κ1) is 11.0. The number of aromatic nitrogens is 3.